The molecule has 1 heterocycles. The fourth-order valence-electron chi connectivity index (χ4n) is 1.68. The number of rotatable bonds is 3. The zero-order chi connectivity index (χ0) is 14.0. The molecule has 0 fully saturated rings. The summed E-state index contributed by atoms with van der Waals surface area (Å²) in [6, 6.07) is 5.06. The lowest BCUT2D eigenvalue weighted by Gasteiger charge is -2.07. The maximum atomic E-state index is 11.9. The highest BCUT2D eigenvalue weighted by Gasteiger charge is 2.13. The van der Waals surface area contributed by atoms with Gasteiger partial charge in [-0.05, 0) is 19.1 Å². The van der Waals surface area contributed by atoms with Gasteiger partial charge in [-0.3, -0.25) is 4.79 Å². The fraction of sp³-hybridized carbons (Fsp3) is 0.231. The number of nitrogens with one attached hydrogen (secondary N) is 1. The molecule has 2 aromatic rings. The smallest absolute Gasteiger partial charge is 0.232 e. The van der Waals surface area contributed by atoms with E-state index in [4.69, 9.17) is 27.6 Å². The van der Waals surface area contributed by atoms with E-state index in [-0.39, 0.29) is 12.3 Å². The van der Waals surface area contributed by atoms with Gasteiger partial charge in [-0.25, -0.2) is 4.98 Å². The molecule has 4 nitrogen and oxygen atoms in total. The highest BCUT2D eigenvalue weighted by molar-refractivity contribution is 6.43. The third kappa shape index (κ3) is 3.28. The number of hydrogen-bond donors (Lipinski definition) is 1. The Hall–Kier alpha value is -1.52. The van der Waals surface area contributed by atoms with Crippen molar-refractivity contribution >= 4 is 34.8 Å². The lowest BCUT2D eigenvalue weighted by molar-refractivity contribution is -0.115. The highest BCUT2D eigenvalue weighted by Crippen LogP contribution is 2.29. The molecule has 2 rings (SSSR count). The Morgan fingerprint density at radius 3 is 2.74 bits per heavy atom. The summed E-state index contributed by atoms with van der Waals surface area (Å²) in [5, 5.41) is 3.41. The molecule has 0 saturated heterocycles. The predicted molar refractivity (Wildman–Crippen MR) is 74.8 cm³/mol. The van der Waals surface area contributed by atoms with Crippen LogP contribution in [0.2, 0.25) is 10.0 Å². The molecule has 6 heteroatoms. The van der Waals surface area contributed by atoms with E-state index in [1.54, 1.807) is 32.0 Å². The zero-order valence-corrected chi connectivity index (χ0v) is 12.0. The van der Waals surface area contributed by atoms with Crippen molar-refractivity contribution in [1.82, 2.24) is 4.98 Å². The Balaban J connectivity index is 2.10. The van der Waals surface area contributed by atoms with E-state index in [0.29, 0.717) is 33.1 Å². The minimum Gasteiger partial charge on any atom is -0.445 e. The highest BCUT2D eigenvalue weighted by atomic mass is 35.5. The van der Waals surface area contributed by atoms with Crippen LogP contribution in [0.15, 0.2) is 22.6 Å². The topological polar surface area (TPSA) is 55.1 Å². The van der Waals surface area contributed by atoms with Gasteiger partial charge in [-0.15, -0.1) is 0 Å². The molecule has 1 N–H and O–H groups in total. The molecule has 1 aromatic heterocycles. The van der Waals surface area contributed by atoms with Gasteiger partial charge < -0.3 is 9.73 Å². The zero-order valence-electron chi connectivity index (χ0n) is 10.5. The van der Waals surface area contributed by atoms with Crippen LogP contribution in [0.5, 0.6) is 0 Å². The molecule has 19 heavy (non-hydrogen) atoms. The second-order valence-electron chi connectivity index (χ2n) is 4.07. The molecule has 0 aliphatic carbocycles. The van der Waals surface area contributed by atoms with Gasteiger partial charge in [0.15, 0.2) is 5.89 Å². The number of aryl methyl sites for hydroxylation is 2. The summed E-state index contributed by atoms with van der Waals surface area (Å²) in [5.41, 5.74) is 1.19. The lowest BCUT2D eigenvalue weighted by Crippen LogP contribution is -2.14. The van der Waals surface area contributed by atoms with Crippen molar-refractivity contribution in [2.75, 3.05) is 5.32 Å². The maximum absolute atomic E-state index is 11.9. The quantitative estimate of drug-likeness (QED) is 0.938. The largest absolute Gasteiger partial charge is 0.445 e. The van der Waals surface area contributed by atoms with Gasteiger partial charge in [0.1, 0.15) is 5.76 Å². The van der Waals surface area contributed by atoms with Crippen molar-refractivity contribution in [1.29, 1.82) is 0 Å². The van der Waals surface area contributed by atoms with Crippen LogP contribution in [0.3, 0.4) is 0 Å². The number of carbonyl (C=O) groups is 1. The van der Waals surface area contributed by atoms with Gasteiger partial charge in [-0.2, -0.15) is 0 Å². The summed E-state index contributed by atoms with van der Waals surface area (Å²) in [7, 11) is 0. The number of oxazole rings is 1. The van der Waals surface area contributed by atoms with Crippen molar-refractivity contribution in [3.05, 3.63) is 45.6 Å². The molecular formula is C13H12Cl2N2O2. The van der Waals surface area contributed by atoms with E-state index in [0.717, 1.165) is 0 Å². The Labute approximate surface area is 120 Å². The molecule has 0 unspecified atom stereocenters. The van der Waals surface area contributed by atoms with Crippen molar-refractivity contribution in [2.45, 2.75) is 20.3 Å². The molecule has 1 amide bonds. The molecule has 0 aliphatic heterocycles. The average molecular weight is 299 g/mol. The standard InChI is InChI=1S/C13H12Cl2N2O2/c1-7-11(19-8(2)16-7)6-12(18)17-10-5-3-4-9(14)13(10)15/h3-5H,6H2,1-2H3,(H,17,18). The third-order valence-corrected chi connectivity index (χ3v) is 3.37. The first-order valence-corrected chi connectivity index (χ1v) is 6.39. The molecule has 0 radical (unpaired) electrons. The van der Waals surface area contributed by atoms with Crippen LogP contribution in [0.25, 0.3) is 0 Å². The molecule has 0 bridgehead atoms. The van der Waals surface area contributed by atoms with Gasteiger partial charge in [0.05, 0.1) is 27.8 Å². The van der Waals surface area contributed by atoms with E-state index >= 15 is 0 Å². The van der Waals surface area contributed by atoms with E-state index in [9.17, 15) is 4.79 Å². The summed E-state index contributed by atoms with van der Waals surface area (Å²) < 4.78 is 5.35. The van der Waals surface area contributed by atoms with Crippen LogP contribution >= 0.6 is 23.2 Å². The fourth-order valence-corrected chi connectivity index (χ4v) is 2.03. The minimum atomic E-state index is -0.233. The van der Waals surface area contributed by atoms with Crippen LogP contribution in [0.1, 0.15) is 17.3 Å². The average Bonchev–Trinajstić information content (AvgIpc) is 2.64. The van der Waals surface area contributed by atoms with E-state index < -0.39 is 0 Å². The number of hydrogen-bond acceptors (Lipinski definition) is 3. The van der Waals surface area contributed by atoms with Crippen molar-refractivity contribution in [2.24, 2.45) is 0 Å². The Bertz CT molecular complexity index is 623. The summed E-state index contributed by atoms with van der Waals surface area (Å²) in [6.07, 6.45) is 0.107. The number of carbonyl (C=O) groups excluding carboxylic acids is 1. The van der Waals surface area contributed by atoms with Crippen LogP contribution in [-0.2, 0) is 11.2 Å². The molecule has 0 spiro atoms. The molecule has 0 aliphatic rings. The monoisotopic (exact) mass is 298 g/mol. The molecular weight excluding hydrogens is 287 g/mol. The van der Waals surface area contributed by atoms with Crippen molar-refractivity contribution in [3.8, 4) is 0 Å². The third-order valence-electron chi connectivity index (χ3n) is 2.55. The number of amides is 1. The van der Waals surface area contributed by atoms with Crippen molar-refractivity contribution in [3.63, 3.8) is 0 Å². The van der Waals surface area contributed by atoms with E-state index in [2.05, 4.69) is 10.3 Å². The second kappa shape index (κ2) is 5.63. The predicted octanol–water partition coefficient (Wildman–Crippen LogP) is 3.78. The van der Waals surface area contributed by atoms with Crippen LogP contribution < -0.4 is 5.32 Å². The van der Waals surface area contributed by atoms with E-state index in [1.807, 2.05) is 0 Å². The van der Waals surface area contributed by atoms with Crippen molar-refractivity contribution < 1.29 is 9.21 Å². The lowest BCUT2D eigenvalue weighted by atomic mass is 10.2. The number of halogens is 2. The van der Waals surface area contributed by atoms with Gasteiger partial charge in [0.25, 0.3) is 0 Å². The maximum Gasteiger partial charge on any atom is 0.232 e. The Morgan fingerprint density at radius 1 is 1.37 bits per heavy atom. The van der Waals surface area contributed by atoms with Crippen LogP contribution in [0.4, 0.5) is 5.69 Å². The first-order valence-electron chi connectivity index (χ1n) is 5.64. The summed E-state index contributed by atoms with van der Waals surface area (Å²) in [4.78, 5) is 16.0. The molecule has 1 aromatic carbocycles. The summed E-state index contributed by atoms with van der Waals surface area (Å²) in [6.45, 7) is 3.54. The second-order valence-corrected chi connectivity index (χ2v) is 4.85. The first-order chi connectivity index (χ1) is 8.97. The first kappa shape index (κ1) is 13.9. The molecule has 0 atom stereocenters. The van der Waals surface area contributed by atoms with Crippen LogP contribution in [-0.4, -0.2) is 10.9 Å². The number of aromatic nitrogens is 1. The molecule has 100 valence electrons. The summed E-state index contributed by atoms with van der Waals surface area (Å²) in [5.74, 6) is 0.859. The number of benzene rings is 1. The van der Waals surface area contributed by atoms with Crippen LogP contribution in [0, 0.1) is 13.8 Å². The molecule has 0 saturated carbocycles. The van der Waals surface area contributed by atoms with E-state index in [1.165, 1.54) is 0 Å². The number of anilines is 1. The summed E-state index contributed by atoms with van der Waals surface area (Å²) >= 11 is 11.9. The van der Waals surface area contributed by atoms with Gasteiger partial charge in [0.2, 0.25) is 5.91 Å². The minimum absolute atomic E-state index is 0.107. The SMILES string of the molecule is Cc1nc(C)c(CC(=O)Nc2cccc(Cl)c2Cl)o1. The number of nitrogens with zero attached hydrogens (tertiary/aromatic N) is 1. The Morgan fingerprint density at radius 2 is 2.11 bits per heavy atom. The van der Waals surface area contributed by atoms with Gasteiger partial charge in [-0.1, -0.05) is 29.3 Å². The Kier molecular flexibility index (Phi) is 4.12. The van der Waals surface area contributed by atoms with Gasteiger partial charge >= 0.3 is 0 Å². The van der Waals surface area contributed by atoms with Gasteiger partial charge in [0, 0.05) is 6.92 Å². The normalized spacial score (nSPS) is 10.5.